The zero-order valence-corrected chi connectivity index (χ0v) is 8.69. The summed E-state index contributed by atoms with van der Waals surface area (Å²) >= 11 is 0. The van der Waals surface area contributed by atoms with Gasteiger partial charge in [-0.1, -0.05) is 30.2 Å². The minimum atomic E-state index is 1.20. The van der Waals surface area contributed by atoms with E-state index in [0.29, 0.717) is 0 Å². The highest BCUT2D eigenvalue weighted by molar-refractivity contribution is 5.49. The summed E-state index contributed by atoms with van der Waals surface area (Å²) in [5, 5.41) is 0. The molecular weight excluding hydrogens is 156 g/mol. The Labute approximate surface area is 81.0 Å². The van der Waals surface area contributed by atoms with Crippen LogP contribution in [0.1, 0.15) is 46.0 Å². The van der Waals surface area contributed by atoms with Crippen LogP contribution in [0.2, 0.25) is 0 Å². The molecule has 70 valence electrons. The molecule has 0 aromatic rings. The Kier molecular flexibility index (Phi) is 2.39. The third kappa shape index (κ3) is 1.50. The maximum absolute atomic E-state index is 2.35. The van der Waals surface area contributed by atoms with Gasteiger partial charge in [0.2, 0.25) is 0 Å². The summed E-state index contributed by atoms with van der Waals surface area (Å²) in [6.07, 6.45) is 11.1. The Morgan fingerprint density at radius 2 is 2.08 bits per heavy atom. The summed E-state index contributed by atoms with van der Waals surface area (Å²) in [6, 6.07) is 0. The van der Waals surface area contributed by atoms with Gasteiger partial charge in [0.05, 0.1) is 0 Å². The fraction of sp³-hybridized carbons (Fsp3) is 0.538. The summed E-state index contributed by atoms with van der Waals surface area (Å²) < 4.78 is 0. The van der Waals surface area contributed by atoms with E-state index in [9.17, 15) is 0 Å². The van der Waals surface area contributed by atoms with Crippen LogP contribution in [0.25, 0.3) is 0 Å². The van der Waals surface area contributed by atoms with Crippen LogP contribution in [0.3, 0.4) is 0 Å². The number of allylic oxidation sites excluding steroid dienone is 6. The fourth-order valence-electron chi connectivity index (χ4n) is 2.50. The summed E-state index contributed by atoms with van der Waals surface area (Å²) in [5.41, 5.74) is 6.53. The maximum Gasteiger partial charge on any atom is -0.0236 e. The van der Waals surface area contributed by atoms with Crippen molar-refractivity contribution < 1.29 is 0 Å². The number of hydrogen-bond donors (Lipinski definition) is 0. The van der Waals surface area contributed by atoms with E-state index in [2.05, 4.69) is 26.0 Å². The molecule has 13 heavy (non-hydrogen) atoms. The molecule has 0 heteroatoms. The van der Waals surface area contributed by atoms with Crippen molar-refractivity contribution in [2.75, 3.05) is 0 Å². The van der Waals surface area contributed by atoms with Crippen molar-refractivity contribution in [1.29, 1.82) is 0 Å². The number of hydrogen-bond acceptors (Lipinski definition) is 0. The predicted molar refractivity (Wildman–Crippen MR) is 57.6 cm³/mol. The SMILES string of the molecule is CCC1=C(C)CCC2=C1C=CCC2. The Morgan fingerprint density at radius 3 is 2.85 bits per heavy atom. The normalized spacial score (nSPS) is 22.3. The van der Waals surface area contributed by atoms with E-state index < -0.39 is 0 Å². The summed E-state index contributed by atoms with van der Waals surface area (Å²) in [5.74, 6) is 0. The lowest BCUT2D eigenvalue weighted by atomic mass is 9.81. The third-order valence-electron chi connectivity index (χ3n) is 3.27. The van der Waals surface area contributed by atoms with Gasteiger partial charge < -0.3 is 0 Å². The monoisotopic (exact) mass is 174 g/mol. The molecule has 0 saturated carbocycles. The first-order chi connectivity index (χ1) is 6.33. The molecule has 2 rings (SSSR count). The van der Waals surface area contributed by atoms with Crippen LogP contribution in [-0.4, -0.2) is 0 Å². The third-order valence-corrected chi connectivity index (χ3v) is 3.27. The van der Waals surface area contributed by atoms with Crippen molar-refractivity contribution in [3.8, 4) is 0 Å². The second-order valence-corrected chi connectivity index (χ2v) is 4.07. The van der Waals surface area contributed by atoms with Crippen molar-refractivity contribution in [1.82, 2.24) is 0 Å². The molecule has 0 heterocycles. The summed E-state index contributed by atoms with van der Waals surface area (Å²) in [7, 11) is 0. The maximum atomic E-state index is 2.35. The van der Waals surface area contributed by atoms with Gasteiger partial charge in [0.25, 0.3) is 0 Å². The van der Waals surface area contributed by atoms with Gasteiger partial charge in [-0.05, 0) is 50.2 Å². The van der Waals surface area contributed by atoms with E-state index in [-0.39, 0.29) is 0 Å². The van der Waals surface area contributed by atoms with Crippen LogP contribution >= 0.6 is 0 Å². The second kappa shape index (κ2) is 3.53. The average molecular weight is 174 g/mol. The average Bonchev–Trinajstić information content (AvgIpc) is 2.18. The largest absolute Gasteiger partial charge is 0.0836 e. The zero-order valence-electron chi connectivity index (χ0n) is 8.69. The van der Waals surface area contributed by atoms with Gasteiger partial charge in [-0.15, -0.1) is 0 Å². The van der Waals surface area contributed by atoms with Gasteiger partial charge >= 0.3 is 0 Å². The van der Waals surface area contributed by atoms with Crippen molar-refractivity contribution in [3.63, 3.8) is 0 Å². The standard InChI is InChI=1S/C13H18/c1-3-12-10(2)8-9-11-6-4-5-7-13(11)12/h5,7H,3-4,6,8-9H2,1-2H3. The van der Waals surface area contributed by atoms with Gasteiger partial charge in [0.15, 0.2) is 0 Å². The van der Waals surface area contributed by atoms with E-state index in [4.69, 9.17) is 0 Å². The molecule has 0 amide bonds. The smallest absolute Gasteiger partial charge is 0.0236 e. The zero-order chi connectivity index (χ0) is 9.26. The highest BCUT2D eigenvalue weighted by Gasteiger charge is 2.17. The molecule has 0 aromatic carbocycles. The van der Waals surface area contributed by atoms with E-state index >= 15 is 0 Å². The van der Waals surface area contributed by atoms with Crippen LogP contribution in [0.15, 0.2) is 34.4 Å². The van der Waals surface area contributed by atoms with Crippen molar-refractivity contribution >= 4 is 0 Å². The lowest BCUT2D eigenvalue weighted by Gasteiger charge is -2.25. The van der Waals surface area contributed by atoms with E-state index in [1.807, 2.05) is 0 Å². The van der Waals surface area contributed by atoms with E-state index in [0.717, 1.165) is 0 Å². The van der Waals surface area contributed by atoms with Crippen molar-refractivity contribution in [2.24, 2.45) is 0 Å². The first kappa shape index (κ1) is 8.80. The van der Waals surface area contributed by atoms with E-state index in [1.165, 1.54) is 32.1 Å². The van der Waals surface area contributed by atoms with Gasteiger partial charge in [-0.25, -0.2) is 0 Å². The molecule has 0 atom stereocenters. The molecule has 0 bridgehead atoms. The molecule has 2 aliphatic rings. The Morgan fingerprint density at radius 1 is 1.23 bits per heavy atom. The van der Waals surface area contributed by atoms with Gasteiger partial charge in [0, 0.05) is 0 Å². The summed E-state index contributed by atoms with van der Waals surface area (Å²) in [4.78, 5) is 0. The van der Waals surface area contributed by atoms with Crippen LogP contribution in [0, 0.1) is 0 Å². The second-order valence-electron chi connectivity index (χ2n) is 4.07. The predicted octanol–water partition coefficient (Wildman–Crippen LogP) is 4.15. The molecule has 0 nitrogen and oxygen atoms in total. The highest BCUT2D eigenvalue weighted by Crippen LogP contribution is 2.36. The Balaban J connectivity index is 2.41. The molecule has 0 aromatic heterocycles. The quantitative estimate of drug-likeness (QED) is 0.560. The van der Waals surface area contributed by atoms with Crippen LogP contribution in [0.5, 0.6) is 0 Å². The lowest BCUT2D eigenvalue weighted by molar-refractivity contribution is 0.780. The molecular formula is C13H18. The molecule has 0 unspecified atom stereocenters. The van der Waals surface area contributed by atoms with Gasteiger partial charge in [-0.2, -0.15) is 0 Å². The van der Waals surface area contributed by atoms with Crippen LogP contribution < -0.4 is 0 Å². The molecule has 0 spiro atoms. The minimum absolute atomic E-state index is 1.20. The molecule has 0 saturated heterocycles. The Bertz CT molecular complexity index is 300. The highest BCUT2D eigenvalue weighted by atomic mass is 14.2. The lowest BCUT2D eigenvalue weighted by Crippen LogP contribution is -2.05. The number of rotatable bonds is 1. The minimum Gasteiger partial charge on any atom is -0.0836 e. The molecule has 0 N–H and O–H groups in total. The fourth-order valence-corrected chi connectivity index (χ4v) is 2.50. The molecule has 0 fully saturated rings. The first-order valence-corrected chi connectivity index (χ1v) is 5.40. The molecule has 2 aliphatic carbocycles. The van der Waals surface area contributed by atoms with Crippen molar-refractivity contribution in [2.45, 2.75) is 46.0 Å². The van der Waals surface area contributed by atoms with Gasteiger partial charge in [0.1, 0.15) is 0 Å². The Hall–Kier alpha value is -0.780. The topological polar surface area (TPSA) is 0 Å². The van der Waals surface area contributed by atoms with Crippen LogP contribution in [-0.2, 0) is 0 Å². The van der Waals surface area contributed by atoms with Crippen molar-refractivity contribution in [3.05, 3.63) is 34.4 Å². The van der Waals surface area contributed by atoms with E-state index in [1.54, 1.807) is 22.3 Å². The van der Waals surface area contributed by atoms with Crippen LogP contribution in [0.4, 0.5) is 0 Å². The summed E-state index contributed by atoms with van der Waals surface area (Å²) in [6.45, 7) is 4.57. The first-order valence-electron chi connectivity index (χ1n) is 5.40. The molecule has 0 aliphatic heterocycles. The molecule has 0 radical (unpaired) electrons. The van der Waals surface area contributed by atoms with Gasteiger partial charge in [-0.3, -0.25) is 0 Å².